The molecule has 100 valence electrons. The van der Waals surface area contributed by atoms with E-state index < -0.39 is 17.5 Å². The number of anilines is 1. The lowest BCUT2D eigenvalue weighted by Crippen LogP contribution is -2.33. The molecule has 1 aromatic rings. The van der Waals surface area contributed by atoms with Crippen molar-refractivity contribution in [3.8, 4) is 0 Å². The Bertz CT molecular complexity index is 423. The largest absolute Gasteiger partial charge is 0.367 e. The summed E-state index contributed by atoms with van der Waals surface area (Å²) in [4.78, 5) is 1.76. The van der Waals surface area contributed by atoms with Crippen LogP contribution in [0.4, 0.5) is 18.9 Å². The van der Waals surface area contributed by atoms with Crippen molar-refractivity contribution in [2.24, 2.45) is 0 Å². The molecule has 1 heterocycles. The van der Waals surface area contributed by atoms with Crippen LogP contribution in [0.3, 0.4) is 0 Å². The molecule has 1 fully saturated rings. The second-order valence-corrected chi connectivity index (χ2v) is 4.58. The zero-order valence-electron chi connectivity index (χ0n) is 10.3. The maximum absolute atomic E-state index is 13.6. The Kier molecular flexibility index (Phi) is 4.11. The summed E-state index contributed by atoms with van der Waals surface area (Å²) in [5.41, 5.74) is 0.148. The summed E-state index contributed by atoms with van der Waals surface area (Å²) < 4.78 is 39.6. The van der Waals surface area contributed by atoms with Crippen LogP contribution in [0.1, 0.15) is 19.8 Å². The van der Waals surface area contributed by atoms with Crippen molar-refractivity contribution in [3.63, 3.8) is 0 Å². The first kappa shape index (κ1) is 13.2. The second-order valence-electron chi connectivity index (χ2n) is 4.58. The summed E-state index contributed by atoms with van der Waals surface area (Å²) in [6.07, 6.45) is 1.93. The minimum atomic E-state index is -1.39. The minimum absolute atomic E-state index is 0.148. The maximum atomic E-state index is 13.6. The van der Waals surface area contributed by atoms with Gasteiger partial charge in [-0.2, -0.15) is 0 Å². The summed E-state index contributed by atoms with van der Waals surface area (Å²) in [5.74, 6) is -3.63. The standard InChI is InChI=1S/C13H17F3N2/c1-2-6-17-9-5-7-18(8-9)11-4-3-10(14)12(15)13(11)16/h3-4,9,17H,2,5-8H2,1H3. The van der Waals surface area contributed by atoms with Gasteiger partial charge in [0.1, 0.15) is 0 Å². The fourth-order valence-electron chi connectivity index (χ4n) is 2.25. The maximum Gasteiger partial charge on any atom is 0.196 e. The van der Waals surface area contributed by atoms with Crippen LogP contribution in [0, 0.1) is 17.5 Å². The Morgan fingerprint density at radius 2 is 2.06 bits per heavy atom. The van der Waals surface area contributed by atoms with E-state index in [9.17, 15) is 13.2 Å². The lowest BCUT2D eigenvalue weighted by Gasteiger charge is -2.20. The molecule has 1 atom stereocenters. The molecule has 0 saturated carbocycles. The quantitative estimate of drug-likeness (QED) is 0.835. The first-order chi connectivity index (χ1) is 8.63. The van der Waals surface area contributed by atoms with Gasteiger partial charge in [-0.1, -0.05) is 6.92 Å². The van der Waals surface area contributed by atoms with Gasteiger partial charge in [-0.15, -0.1) is 0 Å². The summed E-state index contributed by atoms with van der Waals surface area (Å²) in [6, 6.07) is 2.56. The Labute approximate surface area is 105 Å². The molecule has 1 aromatic carbocycles. The van der Waals surface area contributed by atoms with Crippen molar-refractivity contribution in [1.82, 2.24) is 5.32 Å². The molecule has 0 amide bonds. The van der Waals surface area contributed by atoms with Gasteiger partial charge in [-0.25, -0.2) is 13.2 Å². The van der Waals surface area contributed by atoms with E-state index in [4.69, 9.17) is 0 Å². The Balaban J connectivity index is 2.07. The highest BCUT2D eigenvalue weighted by molar-refractivity contribution is 5.49. The van der Waals surface area contributed by atoms with Crippen LogP contribution in [-0.4, -0.2) is 25.7 Å². The first-order valence-corrected chi connectivity index (χ1v) is 6.25. The van der Waals surface area contributed by atoms with E-state index in [1.807, 2.05) is 0 Å². The van der Waals surface area contributed by atoms with Crippen molar-refractivity contribution in [2.75, 3.05) is 24.5 Å². The minimum Gasteiger partial charge on any atom is -0.367 e. The molecule has 2 rings (SSSR count). The van der Waals surface area contributed by atoms with Crippen molar-refractivity contribution < 1.29 is 13.2 Å². The van der Waals surface area contributed by atoms with Crippen molar-refractivity contribution in [2.45, 2.75) is 25.8 Å². The number of nitrogens with zero attached hydrogens (tertiary/aromatic N) is 1. The number of hydrogen-bond acceptors (Lipinski definition) is 2. The third kappa shape index (κ3) is 2.61. The monoisotopic (exact) mass is 258 g/mol. The number of rotatable bonds is 4. The van der Waals surface area contributed by atoms with Gasteiger partial charge in [0.15, 0.2) is 17.5 Å². The second kappa shape index (κ2) is 5.61. The van der Waals surface area contributed by atoms with Crippen molar-refractivity contribution in [1.29, 1.82) is 0 Å². The Morgan fingerprint density at radius 1 is 1.28 bits per heavy atom. The van der Waals surface area contributed by atoms with Gasteiger partial charge in [0, 0.05) is 19.1 Å². The van der Waals surface area contributed by atoms with Gasteiger partial charge in [0.05, 0.1) is 5.69 Å². The fourth-order valence-corrected chi connectivity index (χ4v) is 2.25. The summed E-state index contributed by atoms with van der Waals surface area (Å²) in [6.45, 7) is 4.28. The third-order valence-corrected chi connectivity index (χ3v) is 3.23. The van der Waals surface area contributed by atoms with Gasteiger partial charge in [0.25, 0.3) is 0 Å². The van der Waals surface area contributed by atoms with E-state index in [1.54, 1.807) is 4.90 Å². The number of halogens is 3. The van der Waals surface area contributed by atoms with Crippen LogP contribution in [0.5, 0.6) is 0 Å². The third-order valence-electron chi connectivity index (χ3n) is 3.23. The van der Waals surface area contributed by atoms with Crippen molar-refractivity contribution >= 4 is 5.69 Å². The highest BCUT2D eigenvalue weighted by Gasteiger charge is 2.25. The molecule has 1 unspecified atom stereocenters. The molecule has 1 aliphatic rings. The average Bonchev–Trinajstić information content (AvgIpc) is 2.82. The van der Waals surface area contributed by atoms with E-state index in [1.165, 1.54) is 6.07 Å². The molecule has 1 N–H and O–H groups in total. The number of benzene rings is 1. The predicted molar refractivity (Wildman–Crippen MR) is 65.2 cm³/mol. The molecule has 0 aromatic heterocycles. The van der Waals surface area contributed by atoms with Gasteiger partial charge < -0.3 is 10.2 Å². The lowest BCUT2D eigenvalue weighted by molar-refractivity contribution is 0.446. The average molecular weight is 258 g/mol. The first-order valence-electron chi connectivity index (χ1n) is 6.25. The van der Waals surface area contributed by atoms with Crippen LogP contribution < -0.4 is 10.2 Å². The molecule has 5 heteroatoms. The molecule has 0 aliphatic carbocycles. The number of nitrogens with one attached hydrogen (secondary N) is 1. The van der Waals surface area contributed by atoms with E-state index in [0.717, 1.165) is 25.5 Å². The fraction of sp³-hybridized carbons (Fsp3) is 0.538. The van der Waals surface area contributed by atoms with Gasteiger partial charge in [-0.05, 0) is 31.5 Å². The summed E-state index contributed by atoms with van der Waals surface area (Å²) in [5, 5.41) is 3.34. The summed E-state index contributed by atoms with van der Waals surface area (Å²) >= 11 is 0. The van der Waals surface area contributed by atoms with Gasteiger partial charge >= 0.3 is 0 Å². The van der Waals surface area contributed by atoms with Gasteiger partial charge in [0.2, 0.25) is 0 Å². The Hall–Kier alpha value is -1.23. The summed E-state index contributed by atoms with van der Waals surface area (Å²) in [7, 11) is 0. The molecule has 2 nitrogen and oxygen atoms in total. The lowest BCUT2D eigenvalue weighted by atomic mass is 10.2. The number of hydrogen-bond donors (Lipinski definition) is 1. The predicted octanol–water partition coefficient (Wildman–Crippen LogP) is 2.68. The van der Waals surface area contributed by atoms with Crippen LogP contribution in [0.15, 0.2) is 12.1 Å². The molecular formula is C13H17F3N2. The Morgan fingerprint density at radius 3 is 2.78 bits per heavy atom. The van der Waals surface area contributed by atoms with Crippen molar-refractivity contribution in [3.05, 3.63) is 29.6 Å². The molecule has 18 heavy (non-hydrogen) atoms. The highest BCUT2D eigenvalue weighted by atomic mass is 19.2. The molecular weight excluding hydrogens is 241 g/mol. The van der Waals surface area contributed by atoms with Crippen LogP contribution in [0.25, 0.3) is 0 Å². The van der Waals surface area contributed by atoms with E-state index >= 15 is 0 Å². The molecule has 0 bridgehead atoms. The normalized spacial score (nSPS) is 19.6. The van der Waals surface area contributed by atoms with Gasteiger partial charge in [-0.3, -0.25) is 0 Å². The van der Waals surface area contributed by atoms with E-state index in [0.29, 0.717) is 13.1 Å². The SMILES string of the molecule is CCCNC1CCN(c2ccc(F)c(F)c2F)C1. The molecule has 1 aliphatic heterocycles. The zero-order valence-corrected chi connectivity index (χ0v) is 10.3. The van der Waals surface area contributed by atoms with Crippen LogP contribution in [0.2, 0.25) is 0 Å². The molecule has 0 spiro atoms. The molecule has 0 radical (unpaired) electrons. The smallest absolute Gasteiger partial charge is 0.196 e. The van der Waals surface area contributed by atoms with E-state index in [-0.39, 0.29) is 11.7 Å². The topological polar surface area (TPSA) is 15.3 Å². The van der Waals surface area contributed by atoms with Crippen LogP contribution in [-0.2, 0) is 0 Å². The highest BCUT2D eigenvalue weighted by Crippen LogP contribution is 2.26. The van der Waals surface area contributed by atoms with Crippen LogP contribution >= 0.6 is 0 Å². The molecule has 1 saturated heterocycles. The zero-order chi connectivity index (χ0) is 13.1. The van der Waals surface area contributed by atoms with E-state index in [2.05, 4.69) is 12.2 Å².